The van der Waals surface area contributed by atoms with Crippen molar-refractivity contribution in [3.63, 3.8) is 0 Å². The molecule has 0 spiro atoms. The van der Waals surface area contributed by atoms with Crippen molar-refractivity contribution < 1.29 is 4.79 Å². The van der Waals surface area contributed by atoms with Crippen LogP contribution < -0.4 is 5.32 Å². The van der Waals surface area contributed by atoms with Crippen LogP contribution in [0.4, 0.5) is 5.69 Å². The largest absolute Gasteiger partial charge is 0.326 e. The molecular weight excluding hydrogens is 358 g/mol. The number of anilines is 1. The molecule has 3 rings (SSSR count). The van der Waals surface area contributed by atoms with Gasteiger partial charge in [-0.2, -0.15) is 0 Å². The highest BCUT2D eigenvalue weighted by Crippen LogP contribution is 2.36. The smallest absolute Gasteiger partial charge is 0.231 e. The summed E-state index contributed by atoms with van der Waals surface area (Å²) < 4.78 is 0.789. The van der Waals surface area contributed by atoms with Crippen LogP contribution in [0.15, 0.2) is 34.1 Å². The zero-order valence-corrected chi connectivity index (χ0v) is 13.8. The molecule has 1 amide bonds. The predicted molar refractivity (Wildman–Crippen MR) is 87.8 cm³/mol. The van der Waals surface area contributed by atoms with Gasteiger partial charge in [-0.05, 0) is 70.4 Å². The number of hydrogen-bond acceptors (Lipinski definition) is 2. The average Bonchev–Trinajstić information content (AvgIpc) is 2.91. The predicted octanol–water partition coefficient (Wildman–Crippen LogP) is 5.22. The highest BCUT2D eigenvalue weighted by atomic mass is 79.9. The summed E-state index contributed by atoms with van der Waals surface area (Å²) in [6.45, 7) is 0. The highest BCUT2D eigenvalue weighted by molar-refractivity contribution is 9.10. The van der Waals surface area contributed by atoms with Crippen molar-refractivity contribution in [3.8, 4) is 0 Å². The summed E-state index contributed by atoms with van der Waals surface area (Å²) in [5, 5.41) is 5.71. The van der Waals surface area contributed by atoms with E-state index in [1.54, 1.807) is 17.4 Å². The van der Waals surface area contributed by atoms with Crippen LogP contribution in [0.1, 0.15) is 29.2 Å². The van der Waals surface area contributed by atoms with Crippen molar-refractivity contribution in [1.29, 1.82) is 0 Å². The van der Waals surface area contributed by atoms with E-state index in [9.17, 15) is 4.79 Å². The van der Waals surface area contributed by atoms with Crippen molar-refractivity contribution in [2.24, 2.45) is 0 Å². The minimum atomic E-state index is -0.0283. The molecule has 1 aromatic heterocycles. The second kappa shape index (κ2) is 5.88. The molecule has 2 nitrogen and oxygen atoms in total. The molecule has 5 heteroatoms. The zero-order chi connectivity index (χ0) is 14.1. The van der Waals surface area contributed by atoms with E-state index in [0.29, 0.717) is 5.02 Å². The summed E-state index contributed by atoms with van der Waals surface area (Å²) in [5.74, 6) is 0.0398. The Morgan fingerprint density at radius 1 is 1.40 bits per heavy atom. The number of halogens is 2. The van der Waals surface area contributed by atoms with Gasteiger partial charge in [0.1, 0.15) is 0 Å². The number of nitrogens with one attached hydrogen (secondary N) is 1. The minimum Gasteiger partial charge on any atom is -0.326 e. The van der Waals surface area contributed by atoms with E-state index in [1.165, 1.54) is 10.4 Å². The lowest BCUT2D eigenvalue weighted by atomic mass is 9.87. The third kappa shape index (κ3) is 2.78. The second-order valence-corrected chi connectivity index (χ2v) is 7.12. The van der Waals surface area contributed by atoms with Crippen LogP contribution in [0.25, 0.3) is 0 Å². The Balaban J connectivity index is 1.79. The maximum Gasteiger partial charge on any atom is 0.231 e. The monoisotopic (exact) mass is 369 g/mol. The van der Waals surface area contributed by atoms with Gasteiger partial charge in [0.15, 0.2) is 0 Å². The number of amides is 1. The van der Waals surface area contributed by atoms with E-state index in [0.717, 1.165) is 29.4 Å². The van der Waals surface area contributed by atoms with Gasteiger partial charge in [-0.15, -0.1) is 11.3 Å². The number of fused-ring (bicyclic) bond motifs is 1. The lowest BCUT2D eigenvalue weighted by Crippen LogP contribution is -2.23. The number of carbonyl (C=O) groups is 1. The Morgan fingerprint density at radius 3 is 3.05 bits per heavy atom. The number of benzene rings is 1. The van der Waals surface area contributed by atoms with Crippen LogP contribution in [0.5, 0.6) is 0 Å². The summed E-state index contributed by atoms with van der Waals surface area (Å²) in [5.41, 5.74) is 1.97. The molecule has 1 unspecified atom stereocenters. The Labute approximate surface area is 135 Å². The fourth-order valence-electron chi connectivity index (χ4n) is 2.56. The van der Waals surface area contributed by atoms with Crippen molar-refractivity contribution >= 4 is 50.5 Å². The van der Waals surface area contributed by atoms with Gasteiger partial charge in [0, 0.05) is 15.0 Å². The molecule has 1 N–H and O–H groups in total. The van der Waals surface area contributed by atoms with Crippen LogP contribution >= 0.6 is 38.9 Å². The van der Waals surface area contributed by atoms with Crippen molar-refractivity contribution in [3.05, 3.63) is 49.6 Å². The fourth-order valence-corrected chi connectivity index (χ4v) is 4.05. The van der Waals surface area contributed by atoms with E-state index < -0.39 is 0 Å². The third-order valence-corrected chi connectivity index (χ3v) is 5.77. The van der Waals surface area contributed by atoms with Crippen LogP contribution in [0.2, 0.25) is 5.02 Å². The van der Waals surface area contributed by atoms with E-state index in [1.807, 2.05) is 12.1 Å². The SMILES string of the molecule is O=C(Nc1ccc(Cl)c(Br)c1)C1CCCc2sccc21. The number of hydrogen-bond donors (Lipinski definition) is 1. The van der Waals surface area contributed by atoms with Gasteiger partial charge in [-0.25, -0.2) is 0 Å². The molecule has 0 saturated carbocycles. The van der Waals surface area contributed by atoms with E-state index in [4.69, 9.17) is 11.6 Å². The second-order valence-electron chi connectivity index (χ2n) is 4.86. The molecule has 0 fully saturated rings. The van der Waals surface area contributed by atoms with E-state index in [2.05, 4.69) is 32.7 Å². The molecule has 2 aromatic rings. The number of thiophene rings is 1. The number of carbonyl (C=O) groups excluding carboxylic acids is 1. The average molecular weight is 371 g/mol. The first-order valence-corrected chi connectivity index (χ1v) is 8.52. The van der Waals surface area contributed by atoms with Gasteiger partial charge in [0.05, 0.1) is 10.9 Å². The first kappa shape index (κ1) is 14.1. The van der Waals surface area contributed by atoms with Crippen molar-refractivity contribution in [2.75, 3.05) is 5.32 Å². The molecule has 0 bridgehead atoms. The van der Waals surface area contributed by atoms with Crippen LogP contribution in [-0.4, -0.2) is 5.91 Å². The fraction of sp³-hybridized carbons (Fsp3) is 0.267. The summed E-state index contributed by atoms with van der Waals surface area (Å²) in [4.78, 5) is 13.8. The summed E-state index contributed by atoms with van der Waals surface area (Å²) in [6, 6.07) is 7.51. The number of rotatable bonds is 2. The van der Waals surface area contributed by atoms with Gasteiger partial charge >= 0.3 is 0 Å². The summed E-state index contributed by atoms with van der Waals surface area (Å²) >= 11 is 11.1. The lowest BCUT2D eigenvalue weighted by molar-refractivity contribution is -0.117. The third-order valence-electron chi connectivity index (χ3n) is 3.56. The molecule has 1 atom stereocenters. The highest BCUT2D eigenvalue weighted by Gasteiger charge is 2.27. The maximum atomic E-state index is 12.5. The summed E-state index contributed by atoms with van der Waals surface area (Å²) in [7, 11) is 0. The van der Waals surface area contributed by atoms with Crippen LogP contribution in [0, 0.1) is 0 Å². The first-order chi connectivity index (χ1) is 9.65. The zero-order valence-electron chi connectivity index (χ0n) is 10.7. The number of aryl methyl sites for hydroxylation is 1. The molecular formula is C15H13BrClNOS. The molecule has 1 heterocycles. The Kier molecular flexibility index (Phi) is 4.15. The lowest BCUT2D eigenvalue weighted by Gasteiger charge is -2.21. The van der Waals surface area contributed by atoms with Crippen molar-refractivity contribution in [1.82, 2.24) is 0 Å². The maximum absolute atomic E-state index is 12.5. The van der Waals surface area contributed by atoms with Crippen molar-refractivity contribution in [2.45, 2.75) is 25.2 Å². The minimum absolute atomic E-state index is 0.0283. The molecule has 0 aliphatic heterocycles. The Morgan fingerprint density at radius 2 is 2.25 bits per heavy atom. The molecule has 0 saturated heterocycles. The van der Waals surface area contributed by atoms with Gasteiger partial charge in [0.2, 0.25) is 5.91 Å². The van der Waals surface area contributed by atoms with E-state index >= 15 is 0 Å². The Bertz CT molecular complexity index is 655. The summed E-state index contributed by atoms with van der Waals surface area (Å²) in [6.07, 6.45) is 3.10. The molecule has 0 radical (unpaired) electrons. The van der Waals surface area contributed by atoms with Gasteiger partial charge in [-0.1, -0.05) is 11.6 Å². The first-order valence-electron chi connectivity index (χ1n) is 6.47. The van der Waals surface area contributed by atoms with Gasteiger partial charge in [0.25, 0.3) is 0 Å². The Hall–Kier alpha value is -0.840. The quantitative estimate of drug-likeness (QED) is 0.771. The topological polar surface area (TPSA) is 29.1 Å². The standard InChI is InChI=1S/C15H13BrClNOS/c16-12-8-9(4-5-13(12)17)18-15(19)11-2-1-3-14-10(11)6-7-20-14/h4-8,11H,1-3H2,(H,18,19). The van der Waals surface area contributed by atoms with Crippen LogP contribution in [0.3, 0.4) is 0 Å². The normalized spacial score (nSPS) is 17.6. The molecule has 1 aliphatic carbocycles. The molecule has 1 aliphatic rings. The molecule has 104 valence electrons. The van der Waals surface area contributed by atoms with Gasteiger partial charge < -0.3 is 5.32 Å². The molecule has 1 aromatic carbocycles. The van der Waals surface area contributed by atoms with Crippen LogP contribution in [-0.2, 0) is 11.2 Å². The van der Waals surface area contributed by atoms with Gasteiger partial charge in [-0.3, -0.25) is 4.79 Å². The molecule has 20 heavy (non-hydrogen) atoms. The van der Waals surface area contributed by atoms with E-state index in [-0.39, 0.29) is 11.8 Å².